The normalized spacial score (nSPS) is 12.2. The minimum Gasteiger partial charge on any atom is -0.505 e. The topological polar surface area (TPSA) is 49.3 Å². The lowest BCUT2D eigenvalue weighted by Crippen LogP contribution is -2.22. The fraction of sp³-hybridized carbons (Fsp3) is 0.500. The van der Waals surface area contributed by atoms with E-state index in [1.807, 2.05) is 6.92 Å². The Morgan fingerprint density at radius 1 is 1.32 bits per heavy atom. The summed E-state index contributed by atoms with van der Waals surface area (Å²) >= 11 is 11.6. The molecule has 0 aliphatic heterocycles. The third-order valence-electron chi connectivity index (χ3n) is 3.05. The summed E-state index contributed by atoms with van der Waals surface area (Å²) in [7, 11) is 0. The molecule has 1 rings (SSSR count). The van der Waals surface area contributed by atoms with Crippen LogP contribution < -0.4 is 5.32 Å². The van der Waals surface area contributed by atoms with Gasteiger partial charge in [0.25, 0.3) is 0 Å². The van der Waals surface area contributed by atoms with Crippen LogP contribution in [0.1, 0.15) is 39.5 Å². The molecule has 19 heavy (non-hydrogen) atoms. The van der Waals surface area contributed by atoms with E-state index in [1.165, 1.54) is 12.1 Å². The Labute approximate surface area is 123 Å². The predicted molar refractivity (Wildman–Crippen MR) is 80.1 cm³/mol. The second-order valence-corrected chi connectivity index (χ2v) is 5.34. The summed E-state index contributed by atoms with van der Waals surface area (Å²) in [6, 6.07) is 2.99. The molecule has 0 radical (unpaired) electrons. The fourth-order valence-electron chi connectivity index (χ4n) is 1.85. The van der Waals surface area contributed by atoms with Crippen LogP contribution in [-0.2, 0) is 4.79 Å². The maximum absolute atomic E-state index is 12.1. The summed E-state index contributed by atoms with van der Waals surface area (Å²) in [5.74, 6) is -0.209. The summed E-state index contributed by atoms with van der Waals surface area (Å²) in [4.78, 5) is 12.1. The van der Waals surface area contributed by atoms with Gasteiger partial charge in [0.05, 0.1) is 10.0 Å². The van der Waals surface area contributed by atoms with Crippen molar-refractivity contribution in [2.75, 3.05) is 5.32 Å². The van der Waals surface area contributed by atoms with Crippen LogP contribution in [-0.4, -0.2) is 11.0 Å². The number of carbonyl (C=O) groups excluding carboxylic acids is 1. The highest BCUT2D eigenvalue weighted by molar-refractivity contribution is 6.37. The number of benzene rings is 1. The van der Waals surface area contributed by atoms with Crippen LogP contribution >= 0.6 is 23.2 Å². The Hall–Kier alpha value is -0.930. The number of halogens is 2. The molecule has 1 atom stereocenters. The molecule has 106 valence electrons. The van der Waals surface area contributed by atoms with E-state index in [0.29, 0.717) is 5.69 Å². The highest BCUT2D eigenvalue weighted by Gasteiger charge is 2.17. The number of hydrogen-bond donors (Lipinski definition) is 2. The van der Waals surface area contributed by atoms with E-state index in [9.17, 15) is 9.90 Å². The number of phenols is 1. The van der Waals surface area contributed by atoms with E-state index in [4.69, 9.17) is 23.2 Å². The van der Waals surface area contributed by atoms with Crippen LogP contribution in [0.2, 0.25) is 10.0 Å². The molecule has 5 heteroatoms. The number of anilines is 1. The highest BCUT2D eigenvalue weighted by atomic mass is 35.5. The van der Waals surface area contributed by atoms with Crippen LogP contribution in [0.3, 0.4) is 0 Å². The predicted octanol–water partition coefficient (Wildman–Crippen LogP) is 4.85. The molecule has 0 aromatic heterocycles. The van der Waals surface area contributed by atoms with Crippen molar-refractivity contribution in [2.45, 2.75) is 39.5 Å². The fourth-order valence-corrected chi connectivity index (χ4v) is 2.34. The van der Waals surface area contributed by atoms with E-state index in [-0.39, 0.29) is 27.6 Å². The zero-order valence-electron chi connectivity index (χ0n) is 11.2. The van der Waals surface area contributed by atoms with Crippen molar-refractivity contribution in [1.29, 1.82) is 0 Å². The Kier molecular flexibility index (Phi) is 6.46. The maximum atomic E-state index is 12.1. The number of carbonyl (C=O) groups is 1. The van der Waals surface area contributed by atoms with E-state index < -0.39 is 0 Å². The van der Waals surface area contributed by atoms with E-state index >= 15 is 0 Å². The van der Waals surface area contributed by atoms with Crippen molar-refractivity contribution in [3.63, 3.8) is 0 Å². The molecule has 2 N–H and O–H groups in total. The molecule has 0 aliphatic rings. The molecule has 0 aliphatic carbocycles. The maximum Gasteiger partial charge on any atom is 0.227 e. The first-order valence-electron chi connectivity index (χ1n) is 6.48. The molecule has 3 nitrogen and oxygen atoms in total. The molecule has 0 bridgehead atoms. The van der Waals surface area contributed by atoms with Gasteiger partial charge in [-0.05, 0) is 25.0 Å². The lowest BCUT2D eigenvalue weighted by Gasteiger charge is -2.15. The zero-order chi connectivity index (χ0) is 14.4. The number of amides is 1. The van der Waals surface area contributed by atoms with Crippen molar-refractivity contribution in [3.8, 4) is 5.75 Å². The average molecular weight is 304 g/mol. The van der Waals surface area contributed by atoms with Gasteiger partial charge in [-0.1, -0.05) is 49.9 Å². The zero-order valence-corrected chi connectivity index (χ0v) is 12.7. The van der Waals surface area contributed by atoms with Crippen LogP contribution in [0.25, 0.3) is 0 Å². The Bertz CT molecular complexity index is 426. The number of rotatable bonds is 6. The minimum absolute atomic E-state index is 0.00805. The van der Waals surface area contributed by atoms with Crippen molar-refractivity contribution in [2.24, 2.45) is 5.92 Å². The second-order valence-electron chi connectivity index (χ2n) is 4.53. The first-order valence-corrected chi connectivity index (χ1v) is 7.24. The van der Waals surface area contributed by atoms with E-state index in [0.717, 1.165) is 25.7 Å². The van der Waals surface area contributed by atoms with Gasteiger partial charge in [0.2, 0.25) is 5.91 Å². The van der Waals surface area contributed by atoms with Gasteiger partial charge in [0.1, 0.15) is 0 Å². The number of hydrogen-bond acceptors (Lipinski definition) is 2. The average Bonchev–Trinajstić information content (AvgIpc) is 2.36. The first-order chi connectivity index (χ1) is 8.99. The van der Waals surface area contributed by atoms with Crippen LogP contribution in [0, 0.1) is 5.92 Å². The Balaban J connectivity index is 2.75. The summed E-state index contributed by atoms with van der Waals surface area (Å²) < 4.78 is 0. The monoisotopic (exact) mass is 303 g/mol. The quantitative estimate of drug-likeness (QED) is 0.738. The van der Waals surface area contributed by atoms with Crippen LogP contribution in [0.5, 0.6) is 5.75 Å². The SMILES string of the molecule is CCCCC(CC)C(=O)Nc1cc(Cl)c(O)c(Cl)c1. The molecule has 0 fully saturated rings. The van der Waals surface area contributed by atoms with Gasteiger partial charge >= 0.3 is 0 Å². The Morgan fingerprint density at radius 2 is 1.89 bits per heavy atom. The van der Waals surface area contributed by atoms with Crippen molar-refractivity contribution in [1.82, 2.24) is 0 Å². The lowest BCUT2D eigenvalue weighted by molar-refractivity contribution is -0.120. The van der Waals surface area contributed by atoms with E-state index in [2.05, 4.69) is 12.2 Å². The third kappa shape index (κ3) is 4.59. The second kappa shape index (κ2) is 7.61. The van der Waals surface area contributed by atoms with Gasteiger partial charge in [-0.3, -0.25) is 4.79 Å². The highest BCUT2D eigenvalue weighted by Crippen LogP contribution is 2.34. The number of aromatic hydroxyl groups is 1. The minimum atomic E-state index is -0.167. The smallest absolute Gasteiger partial charge is 0.227 e. The summed E-state index contributed by atoms with van der Waals surface area (Å²) in [6.07, 6.45) is 3.77. The van der Waals surface area contributed by atoms with Crippen molar-refractivity contribution in [3.05, 3.63) is 22.2 Å². The molecular formula is C14H19Cl2NO2. The molecule has 1 amide bonds. The summed E-state index contributed by atoms with van der Waals surface area (Å²) in [5.41, 5.74) is 0.507. The lowest BCUT2D eigenvalue weighted by atomic mass is 9.98. The summed E-state index contributed by atoms with van der Waals surface area (Å²) in [5, 5.41) is 12.5. The van der Waals surface area contributed by atoms with Gasteiger partial charge in [-0.2, -0.15) is 0 Å². The standard InChI is InChI=1S/C14H19Cl2NO2/c1-3-5-6-9(4-2)14(19)17-10-7-11(15)13(18)12(16)8-10/h7-9,18H,3-6H2,1-2H3,(H,17,19). The third-order valence-corrected chi connectivity index (χ3v) is 3.63. The van der Waals surface area contributed by atoms with Gasteiger partial charge < -0.3 is 10.4 Å². The number of nitrogens with one attached hydrogen (secondary N) is 1. The Morgan fingerprint density at radius 3 is 2.37 bits per heavy atom. The van der Waals surface area contributed by atoms with Crippen molar-refractivity contribution >= 4 is 34.8 Å². The molecule has 0 heterocycles. The molecule has 1 unspecified atom stereocenters. The molecule has 0 spiro atoms. The van der Waals surface area contributed by atoms with Crippen molar-refractivity contribution < 1.29 is 9.90 Å². The van der Waals surface area contributed by atoms with Crippen LogP contribution in [0.4, 0.5) is 5.69 Å². The first kappa shape index (κ1) is 16.1. The molecule has 1 aromatic rings. The molecular weight excluding hydrogens is 285 g/mol. The number of phenolic OH excluding ortho intramolecular Hbond substituents is 1. The van der Waals surface area contributed by atoms with Gasteiger partial charge in [0, 0.05) is 11.6 Å². The van der Waals surface area contributed by atoms with E-state index in [1.54, 1.807) is 0 Å². The summed E-state index contributed by atoms with van der Waals surface area (Å²) in [6.45, 7) is 4.10. The van der Waals surface area contributed by atoms with Crippen LogP contribution in [0.15, 0.2) is 12.1 Å². The van der Waals surface area contributed by atoms with Gasteiger partial charge in [-0.25, -0.2) is 0 Å². The molecule has 0 saturated heterocycles. The number of unbranched alkanes of at least 4 members (excludes halogenated alkanes) is 1. The van der Waals surface area contributed by atoms with Gasteiger partial charge in [0.15, 0.2) is 5.75 Å². The van der Waals surface area contributed by atoms with Gasteiger partial charge in [-0.15, -0.1) is 0 Å². The largest absolute Gasteiger partial charge is 0.505 e. The molecule has 1 aromatic carbocycles. The molecule has 0 saturated carbocycles.